The molecular weight excluding hydrogens is 388 g/mol. The Labute approximate surface area is 175 Å². The quantitative estimate of drug-likeness (QED) is 0.669. The van der Waals surface area contributed by atoms with Crippen LogP contribution in [0, 0.1) is 6.92 Å². The van der Waals surface area contributed by atoms with Gasteiger partial charge in [-0.05, 0) is 36.9 Å². The van der Waals surface area contributed by atoms with Crippen molar-refractivity contribution in [1.29, 1.82) is 0 Å². The van der Waals surface area contributed by atoms with E-state index in [1.807, 2.05) is 31.2 Å². The van der Waals surface area contributed by atoms with E-state index < -0.39 is 6.04 Å². The van der Waals surface area contributed by atoms with Crippen LogP contribution >= 0.6 is 11.5 Å². The Balaban J connectivity index is 1.99. The number of hydrogen-bond acceptors (Lipinski definition) is 6. The molecule has 29 heavy (non-hydrogen) atoms. The van der Waals surface area contributed by atoms with Gasteiger partial charge in [0.05, 0.1) is 6.61 Å². The second-order valence-corrected chi connectivity index (χ2v) is 8.00. The lowest BCUT2D eigenvalue weighted by Crippen LogP contribution is -2.50. The molecule has 2 amide bonds. The van der Waals surface area contributed by atoms with Gasteiger partial charge in [-0.1, -0.05) is 53.6 Å². The number of nitrogens with one attached hydrogen (secondary N) is 1. The molecule has 0 bridgehead atoms. The van der Waals surface area contributed by atoms with Crippen molar-refractivity contribution in [2.24, 2.45) is 0 Å². The predicted molar refractivity (Wildman–Crippen MR) is 112 cm³/mol. The van der Waals surface area contributed by atoms with Gasteiger partial charge in [0.2, 0.25) is 5.91 Å². The van der Waals surface area contributed by atoms with Gasteiger partial charge >= 0.3 is 0 Å². The highest BCUT2D eigenvalue weighted by atomic mass is 32.1. The first kappa shape index (κ1) is 21.4. The van der Waals surface area contributed by atoms with Crippen LogP contribution in [0.5, 0.6) is 0 Å². The first-order chi connectivity index (χ1) is 14.1. The van der Waals surface area contributed by atoms with Gasteiger partial charge in [0.1, 0.15) is 6.04 Å². The van der Waals surface area contributed by atoms with Crippen LogP contribution in [-0.4, -0.2) is 52.6 Å². The third-order valence-corrected chi connectivity index (χ3v) is 5.81. The largest absolute Gasteiger partial charge is 0.383 e. The molecular formula is C21H28N4O3S. The van der Waals surface area contributed by atoms with Crippen molar-refractivity contribution in [1.82, 2.24) is 19.8 Å². The number of carbonyl (C=O) groups excluding carboxylic acids is 2. The molecule has 1 atom stereocenters. The molecule has 0 radical (unpaired) electrons. The Morgan fingerprint density at radius 3 is 2.59 bits per heavy atom. The van der Waals surface area contributed by atoms with E-state index in [-0.39, 0.29) is 17.9 Å². The molecule has 7 nitrogen and oxygen atoms in total. The van der Waals surface area contributed by atoms with E-state index in [4.69, 9.17) is 4.74 Å². The fourth-order valence-corrected chi connectivity index (χ4v) is 4.23. The lowest BCUT2D eigenvalue weighted by atomic mass is 9.91. The summed E-state index contributed by atoms with van der Waals surface area (Å²) in [5.74, 6) is -0.439. The Morgan fingerprint density at radius 1 is 1.24 bits per heavy atom. The number of methoxy groups -OCH3 is 1. The zero-order valence-electron chi connectivity index (χ0n) is 17.0. The number of rotatable bonds is 8. The summed E-state index contributed by atoms with van der Waals surface area (Å²) < 4.78 is 8.91. The summed E-state index contributed by atoms with van der Waals surface area (Å²) in [5, 5.41) is 8.55. The van der Waals surface area contributed by atoms with E-state index in [0.717, 1.165) is 54.8 Å². The van der Waals surface area contributed by atoms with Gasteiger partial charge < -0.3 is 15.0 Å². The van der Waals surface area contributed by atoms with Crippen molar-refractivity contribution in [2.45, 2.75) is 51.1 Å². The van der Waals surface area contributed by atoms with Crippen molar-refractivity contribution in [3.8, 4) is 0 Å². The Kier molecular flexibility index (Phi) is 7.71. The average molecular weight is 417 g/mol. The van der Waals surface area contributed by atoms with Gasteiger partial charge in [-0.2, -0.15) is 0 Å². The number of aryl methyl sites for hydroxylation is 1. The predicted octanol–water partition coefficient (Wildman–Crippen LogP) is 3.13. The summed E-state index contributed by atoms with van der Waals surface area (Å²) >= 11 is 1.14. The number of amides is 2. The van der Waals surface area contributed by atoms with Crippen LogP contribution in [0.15, 0.2) is 29.6 Å². The Morgan fingerprint density at radius 2 is 1.97 bits per heavy atom. The fraction of sp³-hybridized carbons (Fsp3) is 0.524. The van der Waals surface area contributed by atoms with Crippen molar-refractivity contribution in [3.05, 3.63) is 46.5 Å². The molecule has 1 aromatic heterocycles. The fourth-order valence-electron chi connectivity index (χ4n) is 3.80. The number of hydrogen-bond donors (Lipinski definition) is 1. The maximum atomic E-state index is 13.4. The Hall–Kier alpha value is -2.32. The molecule has 1 N–H and O–H groups in total. The molecule has 0 unspecified atom stereocenters. The van der Waals surface area contributed by atoms with Crippen LogP contribution in [0.25, 0.3) is 0 Å². The van der Waals surface area contributed by atoms with Crippen molar-refractivity contribution in [3.63, 3.8) is 0 Å². The zero-order valence-corrected chi connectivity index (χ0v) is 17.8. The van der Waals surface area contributed by atoms with Gasteiger partial charge in [-0.25, -0.2) is 0 Å². The first-order valence-corrected chi connectivity index (χ1v) is 10.9. The van der Waals surface area contributed by atoms with Gasteiger partial charge in [0, 0.05) is 25.1 Å². The minimum absolute atomic E-state index is 0.00238. The molecule has 1 aliphatic carbocycles. The molecule has 1 aliphatic rings. The van der Waals surface area contributed by atoms with Crippen LogP contribution in [0.2, 0.25) is 0 Å². The molecule has 0 spiro atoms. The minimum atomic E-state index is -0.718. The number of aromatic nitrogens is 2. The number of ether oxygens (including phenoxy) is 1. The van der Waals surface area contributed by atoms with Crippen LogP contribution < -0.4 is 5.32 Å². The number of benzene rings is 1. The topological polar surface area (TPSA) is 84.4 Å². The molecule has 156 valence electrons. The number of nitrogens with zero attached hydrogens (tertiary/aromatic N) is 3. The smallest absolute Gasteiger partial charge is 0.276 e. The third kappa shape index (κ3) is 5.39. The summed E-state index contributed by atoms with van der Waals surface area (Å²) in [7, 11) is 1.59. The highest BCUT2D eigenvalue weighted by molar-refractivity contribution is 7.03. The van der Waals surface area contributed by atoms with Crippen molar-refractivity contribution >= 4 is 23.3 Å². The van der Waals surface area contributed by atoms with E-state index in [1.165, 1.54) is 0 Å². The normalized spacial score (nSPS) is 15.7. The van der Waals surface area contributed by atoms with Gasteiger partial charge in [-0.15, -0.1) is 5.10 Å². The van der Waals surface area contributed by atoms with Gasteiger partial charge in [-0.3, -0.25) is 9.59 Å². The Bertz CT molecular complexity index is 789. The molecule has 1 aromatic carbocycles. The van der Waals surface area contributed by atoms with Gasteiger partial charge in [0.15, 0.2) is 5.69 Å². The second-order valence-electron chi connectivity index (χ2n) is 7.39. The summed E-state index contributed by atoms with van der Waals surface area (Å²) in [5.41, 5.74) is 2.20. The van der Waals surface area contributed by atoms with E-state index >= 15 is 0 Å². The summed E-state index contributed by atoms with van der Waals surface area (Å²) in [6.45, 7) is 2.81. The lowest BCUT2D eigenvalue weighted by Gasteiger charge is -2.39. The SMILES string of the molecule is COCCNC(=O)[C@@H](c1ccc(C)cc1)N(C(=O)c1csnn1)C1CCCCC1. The van der Waals surface area contributed by atoms with Crippen LogP contribution in [0.3, 0.4) is 0 Å². The minimum Gasteiger partial charge on any atom is -0.383 e. The molecule has 3 rings (SSSR count). The van der Waals surface area contributed by atoms with Crippen molar-refractivity contribution < 1.29 is 14.3 Å². The zero-order chi connectivity index (χ0) is 20.6. The van der Waals surface area contributed by atoms with Crippen LogP contribution in [-0.2, 0) is 9.53 Å². The second kappa shape index (κ2) is 10.5. The molecule has 0 saturated heterocycles. The van der Waals surface area contributed by atoms with Crippen LogP contribution in [0.4, 0.5) is 0 Å². The summed E-state index contributed by atoms with van der Waals surface area (Å²) in [6.07, 6.45) is 5.03. The molecule has 0 aliphatic heterocycles. The molecule has 1 saturated carbocycles. The molecule has 2 aromatic rings. The number of carbonyl (C=O) groups is 2. The summed E-state index contributed by atoms with van der Waals surface area (Å²) in [6, 6.07) is 7.08. The molecule has 1 fully saturated rings. The summed E-state index contributed by atoms with van der Waals surface area (Å²) in [4.78, 5) is 28.5. The maximum Gasteiger partial charge on any atom is 0.276 e. The lowest BCUT2D eigenvalue weighted by molar-refractivity contribution is -0.127. The molecule has 8 heteroatoms. The first-order valence-electron chi connectivity index (χ1n) is 10.0. The van der Waals surface area contributed by atoms with E-state index in [0.29, 0.717) is 18.8 Å². The van der Waals surface area contributed by atoms with Gasteiger partial charge in [0.25, 0.3) is 5.91 Å². The van der Waals surface area contributed by atoms with E-state index in [1.54, 1.807) is 17.4 Å². The third-order valence-electron chi connectivity index (χ3n) is 5.31. The van der Waals surface area contributed by atoms with Crippen molar-refractivity contribution in [2.75, 3.05) is 20.3 Å². The van der Waals surface area contributed by atoms with E-state index in [9.17, 15) is 9.59 Å². The highest BCUT2D eigenvalue weighted by Gasteiger charge is 2.38. The maximum absolute atomic E-state index is 13.4. The monoisotopic (exact) mass is 416 g/mol. The van der Waals surface area contributed by atoms with Crippen LogP contribution in [0.1, 0.15) is 59.8 Å². The standard InChI is InChI=1S/C21H28N4O3S/c1-15-8-10-16(11-9-15)19(20(26)22-12-13-28-2)25(17-6-4-3-5-7-17)21(27)18-14-29-24-23-18/h8-11,14,17,19H,3-7,12-13H2,1-2H3,(H,22,26)/t19-/m1/s1. The molecule has 1 heterocycles. The average Bonchev–Trinajstić information content (AvgIpc) is 3.28. The van der Waals surface area contributed by atoms with E-state index in [2.05, 4.69) is 14.9 Å². The highest BCUT2D eigenvalue weighted by Crippen LogP contribution is 2.32.